The van der Waals surface area contributed by atoms with Crippen LogP contribution in [-0.2, 0) is 10.2 Å². The van der Waals surface area contributed by atoms with Gasteiger partial charge in [-0.05, 0) is 6.92 Å². The minimum absolute atomic E-state index is 0.0833. The zero-order valence-corrected chi connectivity index (χ0v) is 8.09. The van der Waals surface area contributed by atoms with Crippen molar-refractivity contribution in [2.45, 2.75) is 32.6 Å². The SMILES string of the molecule is Cc1cnc(C(C)(C)CC(=O)O)[nH]1. The van der Waals surface area contributed by atoms with Crippen LogP contribution in [0, 0.1) is 6.92 Å². The van der Waals surface area contributed by atoms with Gasteiger partial charge in [-0.3, -0.25) is 4.79 Å². The highest BCUT2D eigenvalue weighted by atomic mass is 16.4. The van der Waals surface area contributed by atoms with Crippen molar-refractivity contribution in [1.82, 2.24) is 9.97 Å². The molecule has 4 nitrogen and oxygen atoms in total. The van der Waals surface area contributed by atoms with Gasteiger partial charge in [-0.1, -0.05) is 13.8 Å². The predicted molar refractivity (Wildman–Crippen MR) is 48.6 cm³/mol. The van der Waals surface area contributed by atoms with Gasteiger partial charge in [0.05, 0.1) is 6.42 Å². The molecule has 0 fully saturated rings. The Kier molecular flexibility index (Phi) is 2.40. The van der Waals surface area contributed by atoms with Gasteiger partial charge in [-0.25, -0.2) is 4.98 Å². The maximum absolute atomic E-state index is 10.6. The molecule has 4 heteroatoms. The zero-order valence-electron chi connectivity index (χ0n) is 8.09. The number of aliphatic carboxylic acids is 1. The van der Waals surface area contributed by atoms with E-state index in [4.69, 9.17) is 5.11 Å². The molecule has 1 aromatic rings. The first kappa shape index (κ1) is 9.77. The second-order valence-electron chi connectivity index (χ2n) is 3.87. The summed E-state index contributed by atoms with van der Waals surface area (Å²) in [5.74, 6) is -0.0774. The third-order valence-corrected chi connectivity index (χ3v) is 1.94. The summed E-state index contributed by atoms with van der Waals surface area (Å²) in [7, 11) is 0. The van der Waals surface area contributed by atoms with E-state index in [1.807, 2.05) is 20.8 Å². The van der Waals surface area contributed by atoms with Crippen LogP contribution in [0.5, 0.6) is 0 Å². The van der Waals surface area contributed by atoms with Crippen LogP contribution in [0.25, 0.3) is 0 Å². The molecule has 0 amide bonds. The van der Waals surface area contributed by atoms with Gasteiger partial charge in [0.15, 0.2) is 0 Å². The summed E-state index contributed by atoms with van der Waals surface area (Å²) in [5.41, 5.74) is 0.522. The van der Waals surface area contributed by atoms with Gasteiger partial charge in [-0.2, -0.15) is 0 Å². The summed E-state index contributed by atoms with van der Waals surface area (Å²) >= 11 is 0. The Morgan fingerprint density at radius 2 is 2.31 bits per heavy atom. The average molecular weight is 182 g/mol. The molecule has 0 aliphatic rings. The first-order chi connectivity index (χ1) is 5.92. The molecule has 0 unspecified atom stereocenters. The van der Waals surface area contributed by atoms with Gasteiger partial charge < -0.3 is 10.1 Å². The quantitative estimate of drug-likeness (QED) is 0.743. The van der Waals surface area contributed by atoms with Gasteiger partial charge in [-0.15, -0.1) is 0 Å². The number of hydrogen-bond acceptors (Lipinski definition) is 2. The molecule has 0 saturated carbocycles. The fourth-order valence-electron chi connectivity index (χ4n) is 1.22. The smallest absolute Gasteiger partial charge is 0.304 e. The maximum atomic E-state index is 10.6. The van der Waals surface area contributed by atoms with E-state index in [1.165, 1.54) is 0 Å². The van der Waals surface area contributed by atoms with Gasteiger partial charge in [0.25, 0.3) is 0 Å². The lowest BCUT2D eigenvalue weighted by Gasteiger charge is -2.19. The number of rotatable bonds is 3. The summed E-state index contributed by atoms with van der Waals surface area (Å²) in [6, 6.07) is 0. The van der Waals surface area contributed by atoms with Gasteiger partial charge in [0.2, 0.25) is 0 Å². The lowest BCUT2D eigenvalue weighted by molar-refractivity contribution is -0.138. The van der Waals surface area contributed by atoms with Crippen molar-refractivity contribution in [2.24, 2.45) is 0 Å². The summed E-state index contributed by atoms with van der Waals surface area (Å²) < 4.78 is 0. The van der Waals surface area contributed by atoms with Crippen LogP contribution in [0.3, 0.4) is 0 Å². The van der Waals surface area contributed by atoms with Crippen molar-refractivity contribution in [1.29, 1.82) is 0 Å². The Morgan fingerprint density at radius 1 is 1.69 bits per heavy atom. The van der Waals surface area contributed by atoms with Crippen LogP contribution in [0.4, 0.5) is 0 Å². The zero-order chi connectivity index (χ0) is 10.1. The molecule has 0 aliphatic carbocycles. The van der Waals surface area contributed by atoms with E-state index >= 15 is 0 Å². The first-order valence-corrected chi connectivity index (χ1v) is 4.16. The molecule has 0 atom stereocenters. The fraction of sp³-hybridized carbons (Fsp3) is 0.556. The summed E-state index contributed by atoms with van der Waals surface area (Å²) in [6.07, 6.45) is 1.79. The Labute approximate surface area is 77.0 Å². The molecule has 2 N–H and O–H groups in total. The number of imidazole rings is 1. The number of H-pyrrole nitrogens is 1. The minimum atomic E-state index is -0.806. The van der Waals surface area contributed by atoms with Crippen molar-refractivity contribution in [2.75, 3.05) is 0 Å². The third-order valence-electron chi connectivity index (χ3n) is 1.94. The summed E-state index contributed by atoms with van der Waals surface area (Å²) in [4.78, 5) is 17.7. The summed E-state index contributed by atoms with van der Waals surface area (Å²) in [6.45, 7) is 5.62. The Morgan fingerprint density at radius 3 is 2.69 bits per heavy atom. The number of nitrogens with zero attached hydrogens (tertiary/aromatic N) is 1. The molecule has 13 heavy (non-hydrogen) atoms. The van der Waals surface area contributed by atoms with Crippen LogP contribution in [0.1, 0.15) is 31.8 Å². The van der Waals surface area contributed by atoms with Crippen molar-refractivity contribution in [3.8, 4) is 0 Å². The van der Waals surface area contributed by atoms with Crippen molar-refractivity contribution >= 4 is 5.97 Å². The van der Waals surface area contributed by atoms with Crippen LogP contribution >= 0.6 is 0 Å². The molecule has 1 rings (SSSR count). The van der Waals surface area contributed by atoms with Gasteiger partial charge in [0, 0.05) is 17.3 Å². The molecule has 0 aromatic carbocycles. The fourth-order valence-corrected chi connectivity index (χ4v) is 1.22. The van der Waals surface area contributed by atoms with Crippen molar-refractivity contribution in [3.63, 3.8) is 0 Å². The van der Waals surface area contributed by atoms with Crippen molar-refractivity contribution in [3.05, 3.63) is 17.7 Å². The monoisotopic (exact) mass is 182 g/mol. The lowest BCUT2D eigenvalue weighted by Crippen LogP contribution is -2.23. The highest BCUT2D eigenvalue weighted by Crippen LogP contribution is 2.23. The molecule has 0 spiro atoms. The standard InChI is InChI=1S/C9H14N2O2/c1-6-5-10-8(11-6)9(2,3)4-7(12)13/h5H,4H2,1-3H3,(H,10,11)(H,12,13). The number of carboxylic acid groups (broad SMARTS) is 1. The Hall–Kier alpha value is -1.32. The molecule has 0 saturated heterocycles. The van der Waals surface area contributed by atoms with E-state index in [0.717, 1.165) is 11.5 Å². The molecule has 1 heterocycles. The number of carboxylic acids is 1. The van der Waals surface area contributed by atoms with E-state index in [2.05, 4.69) is 9.97 Å². The number of carbonyl (C=O) groups is 1. The van der Waals surface area contributed by atoms with Crippen LogP contribution in [-0.4, -0.2) is 21.0 Å². The highest BCUT2D eigenvalue weighted by molar-refractivity contribution is 5.68. The third kappa shape index (κ3) is 2.31. The lowest BCUT2D eigenvalue weighted by atomic mass is 9.88. The largest absolute Gasteiger partial charge is 0.481 e. The number of hydrogen-bond donors (Lipinski definition) is 2. The van der Waals surface area contributed by atoms with Gasteiger partial charge in [0.1, 0.15) is 5.82 Å². The van der Waals surface area contributed by atoms with Crippen LogP contribution < -0.4 is 0 Å². The molecule has 0 aliphatic heterocycles. The maximum Gasteiger partial charge on any atom is 0.304 e. The van der Waals surface area contributed by atoms with Crippen molar-refractivity contribution < 1.29 is 9.90 Å². The Bertz CT molecular complexity index is 315. The average Bonchev–Trinajstić information content (AvgIpc) is 2.32. The normalized spacial score (nSPS) is 11.6. The van der Waals surface area contributed by atoms with Gasteiger partial charge >= 0.3 is 5.97 Å². The van der Waals surface area contributed by atoms with E-state index in [0.29, 0.717) is 0 Å². The second kappa shape index (κ2) is 3.20. The highest BCUT2D eigenvalue weighted by Gasteiger charge is 2.26. The Balaban J connectivity index is 2.86. The van der Waals surface area contributed by atoms with Crippen LogP contribution in [0.2, 0.25) is 0 Å². The molecule has 0 radical (unpaired) electrons. The first-order valence-electron chi connectivity index (χ1n) is 4.16. The number of nitrogens with one attached hydrogen (secondary N) is 1. The molecule has 72 valence electrons. The number of aromatic amines is 1. The van der Waals surface area contributed by atoms with E-state index in [9.17, 15) is 4.79 Å². The summed E-state index contributed by atoms with van der Waals surface area (Å²) in [5, 5.41) is 8.68. The molecule has 0 bridgehead atoms. The molecular weight excluding hydrogens is 168 g/mol. The van der Waals surface area contributed by atoms with E-state index < -0.39 is 11.4 Å². The van der Waals surface area contributed by atoms with E-state index in [1.54, 1.807) is 6.20 Å². The topological polar surface area (TPSA) is 66.0 Å². The second-order valence-corrected chi connectivity index (χ2v) is 3.87. The molecular formula is C9H14N2O2. The van der Waals surface area contributed by atoms with E-state index in [-0.39, 0.29) is 6.42 Å². The molecule has 1 aromatic heterocycles. The predicted octanol–water partition coefficient (Wildman–Crippen LogP) is 1.47. The minimum Gasteiger partial charge on any atom is -0.481 e. The van der Waals surface area contributed by atoms with Crippen LogP contribution in [0.15, 0.2) is 6.20 Å². The number of aryl methyl sites for hydroxylation is 1. The number of aromatic nitrogens is 2.